The lowest BCUT2D eigenvalue weighted by molar-refractivity contribution is -0.384. The highest BCUT2D eigenvalue weighted by Gasteiger charge is 2.14. The Morgan fingerprint density at radius 2 is 2.31 bits per heavy atom. The molecule has 0 aliphatic rings. The maximum atomic E-state index is 10.8. The van der Waals surface area contributed by atoms with Gasteiger partial charge in [0.15, 0.2) is 0 Å². The molecule has 0 saturated carbocycles. The molecule has 1 rings (SSSR count). The van der Waals surface area contributed by atoms with Crippen molar-refractivity contribution in [2.45, 2.75) is 12.2 Å². The van der Waals surface area contributed by atoms with E-state index in [2.05, 4.69) is 5.32 Å². The standard InChI is InChI=1S/C10H13ClN2O2S/c1-7(16-2)6-12-9-5-8(11)3-4-10(9)13(14)15/h3-5,7,12H,6H2,1-2H3. The van der Waals surface area contributed by atoms with Gasteiger partial charge in [-0.3, -0.25) is 10.1 Å². The van der Waals surface area contributed by atoms with Crippen LogP contribution in [0.3, 0.4) is 0 Å². The van der Waals surface area contributed by atoms with Gasteiger partial charge in [0.25, 0.3) is 5.69 Å². The van der Waals surface area contributed by atoms with E-state index in [-0.39, 0.29) is 5.69 Å². The van der Waals surface area contributed by atoms with E-state index in [0.717, 1.165) is 0 Å². The Hall–Kier alpha value is -0.940. The lowest BCUT2D eigenvalue weighted by Gasteiger charge is -2.11. The maximum absolute atomic E-state index is 10.8. The van der Waals surface area contributed by atoms with Crippen molar-refractivity contribution in [2.24, 2.45) is 0 Å². The molecule has 0 bridgehead atoms. The highest BCUT2D eigenvalue weighted by Crippen LogP contribution is 2.27. The average Bonchev–Trinajstić information content (AvgIpc) is 2.25. The molecule has 4 nitrogen and oxygen atoms in total. The van der Waals surface area contributed by atoms with Gasteiger partial charge in [-0.1, -0.05) is 18.5 Å². The minimum atomic E-state index is -0.414. The first kappa shape index (κ1) is 13.1. The topological polar surface area (TPSA) is 55.2 Å². The minimum absolute atomic E-state index is 0.0534. The molecule has 1 aromatic rings. The normalized spacial score (nSPS) is 12.2. The summed E-state index contributed by atoms with van der Waals surface area (Å²) in [6.07, 6.45) is 2.00. The minimum Gasteiger partial charge on any atom is -0.378 e. The number of thioether (sulfide) groups is 1. The molecule has 88 valence electrons. The summed E-state index contributed by atoms with van der Waals surface area (Å²) >= 11 is 7.50. The zero-order chi connectivity index (χ0) is 12.1. The van der Waals surface area contributed by atoms with Crippen molar-refractivity contribution >= 4 is 34.7 Å². The lowest BCUT2D eigenvalue weighted by Crippen LogP contribution is -2.13. The van der Waals surface area contributed by atoms with Crippen LogP contribution in [0.4, 0.5) is 11.4 Å². The second kappa shape index (κ2) is 5.96. The van der Waals surface area contributed by atoms with Gasteiger partial charge in [0.2, 0.25) is 0 Å². The zero-order valence-corrected chi connectivity index (χ0v) is 10.6. The third-order valence-corrected chi connectivity index (χ3v) is 3.34. The van der Waals surface area contributed by atoms with Gasteiger partial charge in [0, 0.05) is 22.9 Å². The van der Waals surface area contributed by atoms with Crippen molar-refractivity contribution in [1.29, 1.82) is 0 Å². The fraction of sp³-hybridized carbons (Fsp3) is 0.400. The molecule has 16 heavy (non-hydrogen) atoms. The summed E-state index contributed by atoms with van der Waals surface area (Å²) in [5, 5.41) is 14.7. The van der Waals surface area contributed by atoms with Crippen molar-refractivity contribution in [3.05, 3.63) is 33.3 Å². The highest BCUT2D eigenvalue weighted by atomic mass is 35.5. The number of halogens is 1. The second-order valence-corrected chi connectivity index (χ2v) is 5.06. The Bertz CT molecular complexity index is 387. The van der Waals surface area contributed by atoms with Crippen LogP contribution in [0.5, 0.6) is 0 Å². The molecule has 1 aromatic carbocycles. The summed E-state index contributed by atoms with van der Waals surface area (Å²) in [5.74, 6) is 0. The van der Waals surface area contributed by atoms with Crippen LogP contribution in [-0.4, -0.2) is 23.0 Å². The average molecular weight is 261 g/mol. The van der Waals surface area contributed by atoms with Gasteiger partial charge >= 0.3 is 0 Å². The molecule has 1 atom stereocenters. The lowest BCUT2D eigenvalue weighted by atomic mass is 10.2. The van der Waals surface area contributed by atoms with Gasteiger partial charge in [-0.2, -0.15) is 11.8 Å². The summed E-state index contributed by atoms with van der Waals surface area (Å²) in [4.78, 5) is 10.4. The molecule has 0 aliphatic carbocycles. The second-order valence-electron chi connectivity index (χ2n) is 3.35. The number of nitrogens with zero attached hydrogens (tertiary/aromatic N) is 1. The van der Waals surface area contributed by atoms with Crippen molar-refractivity contribution in [3.63, 3.8) is 0 Å². The van der Waals surface area contributed by atoms with Crippen molar-refractivity contribution in [2.75, 3.05) is 18.1 Å². The van der Waals surface area contributed by atoms with E-state index in [1.54, 1.807) is 17.8 Å². The zero-order valence-electron chi connectivity index (χ0n) is 9.07. The maximum Gasteiger partial charge on any atom is 0.292 e. The van der Waals surface area contributed by atoms with Crippen LogP contribution in [0.25, 0.3) is 0 Å². The molecule has 0 aliphatic heterocycles. The molecule has 1 N–H and O–H groups in total. The van der Waals surface area contributed by atoms with Crippen LogP contribution in [-0.2, 0) is 0 Å². The van der Waals surface area contributed by atoms with E-state index in [1.165, 1.54) is 12.1 Å². The number of hydrogen-bond acceptors (Lipinski definition) is 4. The molecular formula is C10H13ClN2O2S. The first-order valence-corrected chi connectivity index (χ1v) is 6.41. The van der Waals surface area contributed by atoms with Gasteiger partial charge in [0.05, 0.1) is 4.92 Å². The van der Waals surface area contributed by atoms with Crippen LogP contribution in [0.1, 0.15) is 6.92 Å². The summed E-state index contributed by atoms with van der Waals surface area (Å²) in [5.41, 5.74) is 0.524. The van der Waals surface area contributed by atoms with E-state index < -0.39 is 4.92 Å². The Balaban J connectivity index is 2.84. The molecule has 0 aromatic heterocycles. The molecule has 0 radical (unpaired) electrons. The van der Waals surface area contributed by atoms with Crippen LogP contribution in [0.2, 0.25) is 5.02 Å². The highest BCUT2D eigenvalue weighted by molar-refractivity contribution is 7.99. The summed E-state index contributed by atoms with van der Waals surface area (Å²) in [7, 11) is 0. The molecular weight excluding hydrogens is 248 g/mol. The van der Waals surface area contributed by atoms with Crippen molar-refractivity contribution < 1.29 is 4.92 Å². The molecule has 0 heterocycles. The van der Waals surface area contributed by atoms with E-state index in [1.807, 2.05) is 13.2 Å². The summed E-state index contributed by atoms with van der Waals surface area (Å²) < 4.78 is 0. The SMILES string of the molecule is CSC(C)CNc1cc(Cl)ccc1[N+](=O)[O-]. The Labute approximate surface area is 104 Å². The molecule has 6 heteroatoms. The Morgan fingerprint density at radius 1 is 1.62 bits per heavy atom. The smallest absolute Gasteiger partial charge is 0.292 e. The molecule has 0 spiro atoms. The monoisotopic (exact) mass is 260 g/mol. The first-order chi connectivity index (χ1) is 7.54. The van der Waals surface area contributed by atoms with Gasteiger partial charge in [-0.15, -0.1) is 0 Å². The van der Waals surface area contributed by atoms with Crippen LogP contribution in [0, 0.1) is 10.1 Å². The molecule has 1 unspecified atom stereocenters. The summed E-state index contributed by atoms with van der Waals surface area (Å²) in [6.45, 7) is 2.72. The largest absolute Gasteiger partial charge is 0.378 e. The van der Waals surface area contributed by atoms with Crippen LogP contribution >= 0.6 is 23.4 Å². The van der Waals surface area contributed by atoms with Crippen molar-refractivity contribution in [1.82, 2.24) is 0 Å². The van der Waals surface area contributed by atoms with Crippen LogP contribution in [0.15, 0.2) is 18.2 Å². The summed E-state index contributed by atoms with van der Waals surface area (Å²) in [6, 6.07) is 4.50. The van der Waals surface area contributed by atoms with E-state index >= 15 is 0 Å². The van der Waals surface area contributed by atoms with E-state index in [4.69, 9.17) is 11.6 Å². The number of anilines is 1. The molecule has 0 amide bonds. The third kappa shape index (κ3) is 3.57. The number of benzene rings is 1. The van der Waals surface area contributed by atoms with Gasteiger partial charge in [0.1, 0.15) is 5.69 Å². The van der Waals surface area contributed by atoms with E-state index in [9.17, 15) is 10.1 Å². The fourth-order valence-electron chi connectivity index (χ4n) is 1.15. The number of nitro benzene ring substituents is 1. The third-order valence-electron chi connectivity index (χ3n) is 2.14. The predicted octanol–water partition coefficient (Wildman–Crippen LogP) is 3.41. The number of nitrogens with one attached hydrogen (secondary N) is 1. The Morgan fingerprint density at radius 3 is 2.88 bits per heavy atom. The number of rotatable bonds is 5. The van der Waals surface area contributed by atoms with Gasteiger partial charge in [-0.25, -0.2) is 0 Å². The van der Waals surface area contributed by atoms with Crippen LogP contribution < -0.4 is 5.32 Å². The van der Waals surface area contributed by atoms with Crippen molar-refractivity contribution in [3.8, 4) is 0 Å². The first-order valence-electron chi connectivity index (χ1n) is 4.75. The quantitative estimate of drug-likeness (QED) is 0.651. The van der Waals surface area contributed by atoms with Gasteiger partial charge < -0.3 is 5.32 Å². The molecule has 0 saturated heterocycles. The Kier molecular flexibility index (Phi) is 4.89. The number of hydrogen-bond donors (Lipinski definition) is 1. The van der Waals surface area contributed by atoms with E-state index in [0.29, 0.717) is 22.5 Å². The number of nitro groups is 1. The predicted molar refractivity (Wildman–Crippen MR) is 69.6 cm³/mol. The van der Waals surface area contributed by atoms with Gasteiger partial charge in [-0.05, 0) is 18.4 Å². The molecule has 0 fully saturated rings. The fourth-order valence-corrected chi connectivity index (χ4v) is 1.57.